The van der Waals surface area contributed by atoms with E-state index in [9.17, 15) is 4.39 Å². The molecule has 0 aromatic heterocycles. The summed E-state index contributed by atoms with van der Waals surface area (Å²) in [6.07, 6.45) is 2.82. The van der Waals surface area contributed by atoms with Crippen molar-refractivity contribution in [3.05, 3.63) is 53.4 Å². The van der Waals surface area contributed by atoms with Crippen LogP contribution in [-0.2, 0) is 6.42 Å². The topological polar surface area (TPSA) is 18.5 Å². The average molecular weight is 284 g/mol. The molecule has 2 aromatic rings. The minimum atomic E-state index is -0.210. The molecule has 21 heavy (non-hydrogen) atoms. The van der Waals surface area contributed by atoms with Crippen LogP contribution in [0.3, 0.4) is 0 Å². The molecule has 3 heteroatoms. The van der Waals surface area contributed by atoms with E-state index in [0.29, 0.717) is 6.42 Å². The number of ether oxygens (including phenoxy) is 2. The molecule has 0 saturated carbocycles. The van der Waals surface area contributed by atoms with Gasteiger partial charge in [-0.05, 0) is 53.8 Å². The lowest BCUT2D eigenvalue weighted by Crippen LogP contribution is -1.96. The highest BCUT2D eigenvalue weighted by molar-refractivity contribution is 5.88. The first-order chi connectivity index (χ1) is 10.1. The highest BCUT2D eigenvalue weighted by atomic mass is 19.1. The molecule has 108 valence electrons. The summed E-state index contributed by atoms with van der Waals surface area (Å²) >= 11 is 0. The second-order valence-corrected chi connectivity index (χ2v) is 5.14. The fourth-order valence-electron chi connectivity index (χ4n) is 2.85. The number of benzene rings is 2. The molecule has 0 amide bonds. The highest BCUT2D eigenvalue weighted by Gasteiger charge is 2.20. The molecule has 0 bridgehead atoms. The Labute approximate surface area is 123 Å². The van der Waals surface area contributed by atoms with Crippen molar-refractivity contribution in [1.29, 1.82) is 0 Å². The predicted molar refractivity (Wildman–Crippen MR) is 82.3 cm³/mol. The summed E-state index contributed by atoms with van der Waals surface area (Å²) < 4.78 is 24.4. The quantitative estimate of drug-likeness (QED) is 0.810. The maximum absolute atomic E-state index is 13.5. The third-order valence-electron chi connectivity index (χ3n) is 3.91. The number of hydrogen-bond acceptors (Lipinski definition) is 2. The van der Waals surface area contributed by atoms with Crippen molar-refractivity contribution in [1.82, 2.24) is 0 Å². The normalized spacial score (nSPS) is 12.9. The van der Waals surface area contributed by atoms with Gasteiger partial charge in [-0.3, -0.25) is 0 Å². The van der Waals surface area contributed by atoms with Crippen LogP contribution in [-0.4, -0.2) is 14.2 Å². The van der Waals surface area contributed by atoms with Crippen LogP contribution in [0, 0.1) is 5.82 Å². The lowest BCUT2D eigenvalue weighted by Gasteiger charge is -2.16. The van der Waals surface area contributed by atoms with E-state index in [4.69, 9.17) is 9.47 Å². The van der Waals surface area contributed by atoms with Crippen LogP contribution in [0.2, 0.25) is 0 Å². The van der Waals surface area contributed by atoms with Crippen LogP contribution >= 0.6 is 0 Å². The Balaban J connectivity index is 2.36. The zero-order chi connectivity index (χ0) is 15.0. The van der Waals surface area contributed by atoms with E-state index in [1.54, 1.807) is 20.3 Å². The average Bonchev–Trinajstić information content (AvgIpc) is 2.63. The van der Waals surface area contributed by atoms with Crippen molar-refractivity contribution in [2.45, 2.75) is 13.3 Å². The van der Waals surface area contributed by atoms with Gasteiger partial charge in [0.2, 0.25) is 0 Å². The van der Waals surface area contributed by atoms with Crippen molar-refractivity contribution in [3.63, 3.8) is 0 Å². The molecule has 0 atom stereocenters. The Kier molecular flexibility index (Phi) is 3.42. The monoisotopic (exact) mass is 284 g/mol. The van der Waals surface area contributed by atoms with Gasteiger partial charge < -0.3 is 9.47 Å². The summed E-state index contributed by atoms with van der Waals surface area (Å²) in [6, 6.07) is 8.78. The SMILES string of the molecule is COc1cc(OC)c2c(c1)-c1ccc(F)cc1CC=C2C. The van der Waals surface area contributed by atoms with Crippen LogP contribution in [0.25, 0.3) is 16.7 Å². The fourth-order valence-corrected chi connectivity index (χ4v) is 2.85. The smallest absolute Gasteiger partial charge is 0.130 e. The largest absolute Gasteiger partial charge is 0.497 e. The molecule has 0 aliphatic heterocycles. The van der Waals surface area contributed by atoms with E-state index in [1.807, 2.05) is 18.2 Å². The van der Waals surface area contributed by atoms with E-state index in [-0.39, 0.29) is 5.82 Å². The first-order valence-corrected chi connectivity index (χ1v) is 6.86. The molecule has 1 aliphatic rings. The molecule has 3 rings (SSSR count). The lowest BCUT2D eigenvalue weighted by atomic mass is 9.93. The zero-order valence-electron chi connectivity index (χ0n) is 12.4. The van der Waals surface area contributed by atoms with E-state index in [2.05, 4.69) is 13.0 Å². The van der Waals surface area contributed by atoms with Gasteiger partial charge in [-0.2, -0.15) is 0 Å². The summed E-state index contributed by atoms with van der Waals surface area (Å²) in [6.45, 7) is 2.05. The summed E-state index contributed by atoms with van der Waals surface area (Å²) in [4.78, 5) is 0. The first kappa shape index (κ1) is 13.7. The van der Waals surface area contributed by atoms with Crippen molar-refractivity contribution in [2.24, 2.45) is 0 Å². The van der Waals surface area contributed by atoms with Gasteiger partial charge in [-0.15, -0.1) is 0 Å². The molecule has 1 aliphatic carbocycles. The Hall–Kier alpha value is -2.29. The van der Waals surface area contributed by atoms with E-state index in [1.165, 1.54) is 6.07 Å². The Morgan fingerprint density at radius 3 is 2.52 bits per heavy atom. The minimum Gasteiger partial charge on any atom is -0.497 e. The van der Waals surface area contributed by atoms with Crippen molar-refractivity contribution in [2.75, 3.05) is 14.2 Å². The molecule has 2 nitrogen and oxygen atoms in total. The molecule has 0 radical (unpaired) electrons. The van der Waals surface area contributed by atoms with Crippen LogP contribution in [0.5, 0.6) is 11.5 Å². The Morgan fingerprint density at radius 2 is 1.81 bits per heavy atom. The molecule has 0 unspecified atom stereocenters. The van der Waals surface area contributed by atoms with Crippen LogP contribution < -0.4 is 9.47 Å². The van der Waals surface area contributed by atoms with E-state index < -0.39 is 0 Å². The van der Waals surface area contributed by atoms with E-state index >= 15 is 0 Å². The highest BCUT2D eigenvalue weighted by Crippen LogP contribution is 2.42. The van der Waals surface area contributed by atoms with Gasteiger partial charge in [0.05, 0.1) is 14.2 Å². The number of fused-ring (bicyclic) bond motifs is 3. The summed E-state index contributed by atoms with van der Waals surface area (Å²) in [7, 11) is 3.28. The Morgan fingerprint density at radius 1 is 1.00 bits per heavy atom. The zero-order valence-corrected chi connectivity index (χ0v) is 12.4. The van der Waals surface area contributed by atoms with Gasteiger partial charge in [0.1, 0.15) is 17.3 Å². The third kappa shape index (κ3) is 2.29. The summed E-state index contributed by atoms with van der Waals surface area (Å²) in [5.74, 6) is 1.30. The first-order valence-electron chi connectivity index (χ1n) is 6.86. The van der Waals surface area contributed by atoms with Crippen molar-refractivity contribution < 1.29 is 13.9 Å². The summed E-state index contributed by atoms with van der Waals surface area (Å²) in [5, 5.41) is 0. The van der Waals surface area contributed by atoms with Gasteiger partial charge in [0.15, 0.2) is 0 Å². The number of rotatable bonds is 2. The number of allylic oxidation sites excluding steroid dienone is 2. The van der Waals surface area contributed by atoms with Crippen molar-refractivity contribution in [3.8, 4) is 22.6 Å². The molecule has 0 fully saturated rings. The molecule has 0 spiro atoms. The minimum absolute atomic E-state index is 0.210. The number of halogens is 1. The molecule has 2 aromatic carbocycles. The fraction of sp³-hybridized carbons (Fsp3) is 0.222. The van der Waals surface area contributed by atoms with Crippen LogP contribution in [0.4, 0.5) is 4.39 Å². The molecular formula is C18H17FO2. The van der Waals surface area contributed by atoms with Crippen LogP contribution in [0.15, 0.2) is 36.4 Å². The lowest BCUT2D eigenvalue weighted by molar-refractivity contribution is 0.394. The third-order valence-corrected chi connectivity index (χ3v) is 3.91. The maximum atomic E-state index is 13.5. The second-order valence-electron chi connectivity index (χ2n) is 5.14. The second kappa shape index (κ2) is 5.24. The molecule has 0 saturated heterocycles. The number of methoxy groups -OCH3 is 2. The van der Waals surface area contributed by atoms with Gasteiger partial charge in [0.25, 0.3) is 0 Å². The molecule has 0 heterocycles. The summed E-state index contributed by atoms with van der Waals surface area (Å²) in [5.41, 5.74) is 5.19. The van der Waals surface area contributed by atoms with Gasteiger partial charge >= 0.3 is 0 Å². The maximum Gasteiger partial charge on any atom is 0.130 e. The van der Waals surface area contributed by atoms with E-state index in [0.717, 1.165) is 39.3 Å². The Bertz CT molecular complexity index is 732. The predicted octanol–water partition coefficient (Wildman–Crippen LogP) is 4.47. The molecular weight excluding hydrogens is 267 g/mol. The van der Waals surface area contributed by atoms with Crippen LogP contribution in [0.1, 0.15) is 18.1 Å². The standard InChI is InChI=1S/C18H17FO2/c1-11-4-5-12-8-13(19)6-7-15(12)16-9-14(20-2)10-17(21-3)18(11)16/h4,6-10H,5H2,1-3H3. The van der Waals surface area contributed by atoms with Gasteiger partial charge in [-0.25, -0.2) is 4.39 Å². The van der Waals surface area contributed by atoms with Gasteiger partial charge in [-0.1, -0.05) is 12.1 Å². The van der Waals surface area contributed by atoms with Crippen molar-refractivity contribution >= 4 is 5.57 Å². The number of hydrogen-bond donors (Lipinski definition) is 0. The molecule has 0 N–H and O–H groups in total. The van der Waals surface area contributed by atoms with Gasteiger partial charge in [0, 0.05) is 11.6 Å².